The Morgan fingerprint density at radius 1 is 1.19 bits per heavy atom. The van der Waals surface area contributed by atoms with Gasteiger partial charge in [0.15, 0.2) is 0 Å². The highest BCUT2D eigenvalue weighted by atomic mass is 35.5. The maximum Gasteiger partial charge on any atom is 0.0992 e. The van der Waals surface area contributed by atoms with Crippen molar-refractivity contribution >= 4 is 40.0 Å². The highest BCUT2D eigenvalue weighted by molar-refractivity contribution is 7.14. The maximum absolute atomic E-state index is 8.83. The fourth-order valence-corrected chi connectivity index (χ4v) is 3.82. The molecule has 0 aliphatic carbocycles. The van der Waals surface area contributed by atoms with Crippen LogP contribution >= 0.6 is 34.3 Å². The molecule has 0 aliphatic heterocycles. The Morgan fingerprint density at radius 3 is 2.81 bits per heavy atom. The minimum atomic E-state index is 0.571. The maximum atomic E-state index is 8.83. The van der Waals surface area contributed by atoms with Crippen LogP contribution in [-0.2, 0) is 6.54 Å². The van der Waals surface area contributed by atoms with E-state index in [0.717, 1.165) is 12.2 Å². The number of halogens is 1. The van der Waals surface area contributed by atoms with Gasteiger partial charge in [-0.05, 0) is 41.1 Å². The molecule has 3 rings (SSSR count). The first kappa shape index (κ1) is 14.2. The number of thiophene rings is 2. The molecule has 0 unspecified atom stereocenters. The van der Waals surface area contributed by atoms with Gasteiger partial charge >= 0.3 is 0 Å². The summed E-state index contributed by atoms with van der Waals surface area (Å²) in [6.45, 7) is 0.724. The number of nitriles is 1. The zero-order valence-electron chi connectivity index (χ0n) is 11.0. The third kappa shape index (κ3) is 3.27. The van der Waals surface area contributed by atoms with Crippen LogP contribution in [0.15, 0.2) is 47.2 Å². The van der Waals surface area contributed by atoms with Gasteiger partial charge in [-0.25, -0.2) is 0 Å². The van der Waals surface area contributed by atoms with Crippen molar-refractivity contribution in [1.29, 1.82) is 5.26 Å². The fourth-order valence-electron chi connectivity index (χ4n) is 1.96. The number of rotatable bonds is 4. The molecular weight excluding hydrogens is 320 g/mol. The Kier molecular flexibility index (Phi) is 4.26. The molecule has 0 radical (unpaired) electrons. The topological polar surface area (TPSA) is 35.8 Å². The summed E-state index contributed by atoms with van der Waals surface area (Å²) in [5.74, 6) is 0. The van der Waals surface area contributed by atoms with Gasteiger partial charge in [-0.2, -0.15) is 5.26 Å². The quantitative estimate of drug-likeness (QED) is 0.674. The summed E-state index contributed by atoms with van der Waals surface area (Å²) in [5, 5.41) is 17.0. The van der Waals surface area contributed by atoms with Crippen molar-refractivity contribution in [2.45, 2.75) is 6.54 Å². The zero-order chi connectivity index (χ0) is 14.7. The average molecular weight is 331 g/mol. The van der Waals surface area contributed by atoms with Crippen molar-refractivity contribution < 1.29 is 0 Å². The van der Waals surface area contributed by atoms with Gasteiger partial charge in [0.2, 0.25) is 0 Å². The monoisotopic (exact) mass is 330 g/mol. The van der Waals surface area contributed by atoms with E-state index < -0.39 is 0 Å². The highest BCUT2D eigenvalue weighted by Crippen LogP contribution is 2.30. The van der Waals surface area contributed by atoms with Crippen molar-refractivity contribution in [3.05, 3.63) is 62.6 Å². The molecule has 104 valence electrons. The van der Waals surface area contributed by atoms with E-state index in [-0.39, 0.29) is 0 Å². The molecule has 0 saturated heterocycles. The van der Waals surface area contributed by atoms with Crippen LogP contribution in [0, 0.1) is 11.3 Å². The van der Waals surface area contributed by atoms with Gasteiger partial charge in [-0.15, -0.1) is 22.7 Å². The Balaban J connectivity index is 1.70. The van der Waals surface area contributed by atoms with E-state index in [1.165, 1.54) is 15.3 Å². The third-order valence-corrected chi connectivity index (χ3v) is 5.18. The second-order valence-electron chi connectivity index (χ2n) is 4.44. The summed E-state index contributed by atoms with van der Waals surface area (Å²) in [7, 11) is 0. The molecule has 1 aromatic carbocycles. The van der Waals surface area contributed by atoms with Gasteiger partial charge in [0.05, 0.1) is 22.3 Å². The summed E-state index contributed by atoms with van der Waals surface area (Å²) >= 11 is 9.63. The predicted molar refractivity (Wildman–Crippen MR) is 91.1 cm³/mol. The van der Waals surface area contributed by atoms with Gasteiger partial charge in [-0.1, -0.05) is 17.7 Å². The van der Waals surface area contributed by atoms with Crippen molar-refractivity contribution in [3.63, 3.8) is 0 Å². The van der Waals surface area contributed by atoms with Crippen LogP contribution < -0.4 is 5.32 Å². The van der Waals surface area contributed by atoms with Gasteiger partial charge in [0.1, 0.15) is 0 Å². The molecule has 2 nitrogen and oxygen atoms in total. The number of hydrogen-bond acceptors (Lipinski definition) is 4. The molecule has 5 heteroatoms. The number of nitrogens with one attached hydrogen (secondary N) is 1. The zero-order valence-corrected chi connectivity index (χ0v) is 13.4. The van der Waals surface area contributed by atoms with Crippen LogP contribution in [0.1, 0.15) is 10.4 Å². The fraction of sp³-hybridized carbons (Fsp3) is 0.0625. The Labute approximate surface area is 136 Å². The average Bonchev–Trinajstić information content (AvgIpc) is 3.16. The second-order valence-corrected chi connectivity index (χ2v) is 6.79. The summed E-state index contributed by atoms with van der Waals surface area (Å²) < 4.78 is 0. The van der Waals surface area contributed by atoms with E-state index in [0.29, 0.717) is 10.6 Å². The van der Waals surface area contributed by atoms with E-state index >= 15 is 0 Å². The third-order valence-electron chi connectivity index (χ3n) is 3.01. The Bertz CT molecular complexity index is 785. The Hall–Kier alpha value is -1.80. The lowest BCUT2D eigenvalue weighted by atomic mass is 10.2. The molecule has 3 aromatic rings. The van der Waals surface area contributed by atoms with Crippen LogP contribution in [0.25, 0.3) is 10.4 Å². The van der Waals surface area contributed by atoms with E-state index in [2.05, 4.69) is 40.3 Å². The van der Waals surface area contributed by atoms with Gasteiger partial charge in [-0.3, -0.25) is 0 Å². The normalized spacial score (nSPS) is 10.3. The Morgan fingerprint density at radius 2 is 2.10 bits per heavy atom. The van der Waals surface area contributed by atoms with Crippen molar-refractivity contribution in [2.24, 2.45) is 0 Å². The number of hydrogen-bond donors (Lipinski definition) is 1. The molecule has 0 bridgehead atoms. The van der Waals surface area contributed by atoms with Crippen LogP contribution in [0.3, 0.4) is 0 Å². The van der Waals surface area contributed by atoms with Crippen molar-refractivity contribution in [3.8, 4) is 16.5 Å². The lowest BCUT2D eigenvalue weighted by molar-refractivity contribution is 1.19. The van der Waals surface area contributed by atoms with Crippen LogP contribution in [0.2, 0.25) is 5.02 Å². The summed E-state index contributed by atoms with van der Waals surface area (Å²) in [6, 6.07) is 13.7. The molecule has 0 saturated carbocycles. The number of anilines is 1. The van der Waals surface area contributed by atoms with Crippen LogP contribution in [0.5, 0.6) is 0 Å². The van der Waals surface area contributed by atoms with Crippen molar-refractivity contribution in [2.75, 3.05) is 5.32 Å². The molecule has 0 fully saturated rings. The summed E-state index contributed by atoms with van der Waals surface area (Å²) in [6.07, 6.45) is 0. The number of benzene rings is 1. The molecule has 2 aromatic heterocycles. The largest absolute Gasteiger partial charge is 0.379 e. The molecule has 0 atom stereocenters. The molecule has 2 heterocycles. The minimum Gasteiger partial charge on any atom is -0.379 e. The van der Waals surface area contributed by atoms with Gasteiger partial charge in [0, 0.05) is 21.9 Å². The molecule has 0 amide bonds. The molecule has 0 spiro atoms. The van der Waals surface area contributed by atoms with Gasteiger partial charge in [0.25, 0.3) is 0 Å². The second kappa shape index (κ2) is 6.31. The predicted octanol–water partition coefficient (Wildman–Crippen LogP) is 5.61. The lowest BCUT2D eigenvalue weighted by Crippen LogP contribution is -1.98. The standard InChI is InChI=1S/C16H11ClN2S2/c17-14-6-11(8-18)3-4-15(14)19-9-13-7-12(10-21-13)16-2-1-5-20-16/h1-7,10,19H,9H2. The molecular formula is C16H11ClN2S2. The smallest absolute Gasteiger partial charge is 0.0992 e. The first-order chi connectivity index (χ1) is 10.3. The lowest BCUT2D eigenvalue weighted by Gasteiger charge is -2.07. The van der Waals surface area contributed by atoms with Crippen molar-refractivity contribution in [1.82, 2.24) is 0 Å². The minimum absolute atomic E-state index is 0.571. The van der Waals surface area contributed by atoms with Crippen LogP contribution in [-0.4, -0.2) is 0 Å². The van der Waals surface area contributed by atoms with E-state index in [1.807, 2.05) is 6.07 Å². The first-order valence-electron chi connectivity index (χ1n) is 6.31. The van der Waals surface area contributed by atoms with E-state index in [4.69, 9.17) is 16.9 Å². The summed E-state index contributed by atoms with van der Waals surface area (Å²) in [4.78, 5) is 2.53. The molecule has 0 aliphatic rings. The van der Waals surface area contributed by atoms with Gasteiger partial charge < -0.3 is 5.32 Å². The first-order valence-corrected chi connectivity index (χ1v) is 8.45. The number of nitrogens with zero attached hydrogens (tertiary/aromatic N) is 1. The molecule has 21 heavy (non-hydrogen) atoms. The summed E-state index contributed by atoms with van der Waals surface area (Å²) in [5.41, 5.74) is 2.68. The SMILES string of the molecule is N#Cc1ccc(NCc2cc(-c3cccs3)cs2)c(Cl)c1. The van der Waals surface area contributed by atoms with E-state index in [1.54, 1.807) is 34.8 Å². The molecule has 1 N–H and O–H groups in total. The highest BCUT2D eigenvalue weighted by Gasteiger charge is 2.05. The van der Waals surface area contributed by atoms with Crippen LogP contribution in [0.4, 0.5) is 5.69 Å². The van der Waals surface area contributed by atoms with E-state index in [9.17, 15) is 0 Å².